The molecule has 1 aliphatic rings. The highest BCUT2D eigenvalue weighted by atomic mass is 19.1. The van der Waals surface area contributed by atoms with Crippen LogP contribution in [0.1, 0.15) is 52.0 Å². The third-order valence-corrected chi connectivity index (χ3v) is 4.58. The van der Waals surface area contributed by atoms with Gasteiger partial charge in [0.1, 0.15) is 5.82 Å². The Bertz CT molecular complexity index is 404. The lowest BCUT2D eigenvalue weighted by atomic mass is 9.95. The van der Waals surface area contributed by atoms with E-state index in [1.54, 1.807) is 12.1 Å². The van der Waals surface area contributed by atoms with Crippen LogP contribution in [-0.2, 0) is 6.54 Å². The number of hydrogen-bond donors (Lipinski definition) is 0. The Morgan fingerprint density at radius 2 is 2.05 bits per heavy atom. The molecule has 2 rings (SSSR count). The molecule has 0 aliphatic carbocycles. The molecule has 3 atom stereocenters. The monoisotopic (exact) mass is 263 g/mol. The first-order valence-electron chi connectivity index (χ1n) is 7.62. The zero-order valence-electron chi connectivity index (χ0n) is 12.4. The molecule has 1 aromatic rings. The van der Waals surface area contributed by atoms with E-state index in [0.717, 1.165) is 12.1 Å². The lowest BCUT2D eigenvalue weighted by Gasteiger charge is -2.32. The van der Waals surface area contributed by atoms with Gasteiger partial charge in [0.2, 0.25) is 0 Å². The van der Waals surface area contributed by atoms with Crippen molar-refractivity contribution in [3.05, 3.63) is 35.6 Å². The first-order valence-corrected chi connectivity index (χ1v) is 7.62. The van der Waals surface area contributed by atoms with Gasteiger partial charge in [-0.3, -0.25) is 4.90 Å². The molecular weight excluding hydrogens is 237 g/mol. The molecule has 0 aromatic heterocycles. The van der Waals surface area contributed by atoms with E-state index >= 15 is 0 Å². The van der Waals surface area contributed by atoms with Crippen molar-refractivity contribution in [2.45, 2.75) is 65.1 Å². The molecule has 0 saturated carbocycles. The van der Waals surface area contributed by atoms with E-state index in [4.69, 9.17) is 0 Å². The van der Waals surface area contributed by atoms with Crippen LogP contribution >= 0.6 is 0 Å². The van der Waals surface area contributed by atoms with Gasteiger partial charge in [0.05, 0.1) is 0 Å². The lowest BCUT2D eigenvalue weighted by Crippen LogP contribution is -2.38. The average Bonchev–Trinajstić information content (AvgIpc) is 2.74. The fraction of sp³-hybridized carbons (Fsp3) is 0.647. The molecule has 2 heteroatoms. The largest absolute Gasteiger partial charge is 0.293 e. The summed E-state index contributed by atoms with van der Waals surface area (Å²) in [6, 6.07) is 8.38. The summed E-state index contributed by atoms with van der Waals surface area (Å²) in [5, 5.41) is 0. The van der Waals surface area contributed by atoms with Gasteiger partial charge in [0.15, 0.2) is 0 Å². The number of hydrogen-bond acceptors (Lipinski definition) is 1. The van der Waals surface area contributed by atoms with Gasteiger partial charge in [-0.15, -0.1) is 0 Å². The number of nitrogens with zero attached hydrogens (tertiary/aromatic N) is 1. The van der Waals surface area contributed by atoms with Crippen molar-refractivity contribution in [3.63, 3.8) is 0 Å². The van der Waals surface area contributed by atoms with E-state index in [-0.39, 0.29) is 5.82 Å². The Hall–Kier alpha value is -0.890. The van der Waals surface area contributed by atoms with E-state index in [1.807, 2.05) is 12.1 Å². The molecule has 0 N–H and O–H groups in total. The topological polar surface area (TPSA) is 3.24 Å². The molecule has 1 heterocycles. The van der Waals surface area contributed by atoms with Crippen LogP contribution in [0, 0.1) is 11.7 Å². The lowest BCUT2D eigenvalue weighted by molar-refractivity contribution is 0.145. The second kappa shape index (κ2) is 6.51. The molecule has 19 heavy (non-hydrogen) atoms. The van der Waals surface area contributed by atoms with Crippen molar-refractivity contribution >= 4 is 0 Å². The van der Waals surface area contributed by atoms with Crippen molar-refractivity contribution in [2.75, 3.05) is 0 Å². The van der Waals surface area contributed by atoms with E-state index in [2.05, 4.69) is 25.7 Å². The van der Waals surface area contributed by atoms with E-state index in [9.17, 15) is 4.39 Å². The van der Waals surface area contributed by atoms with E-state index in [0.29, 0.717) is 18.0 Å². The summed E-state index contributed by atoms with van der Waals surface area (Å²) in [5.41, 5.74) is 0.838. The Morgan fingerprint density at radius 3 is 2.74 bits per heavy atom. The maximum atomic E-state index is 13.8. The van der Waals surface area contributed by atoms with Crippen molar-refractivity contribution in [1.29, 1.82) is 0 Å². The molecule has 1 aliphatic heterocycles. The van der Waals surface area contributed by atoms with Crippen LogP contribution < -0.4 is 0 Å². The smallest absolute Gasteiger partial charge is 0.127 e. The zero-order chi connectivity index (χ0) is 13.8. The van der Waals surface area contributed by atoms with Crippen molar-refractivity contribution < 1.29 is 4.39 Å². The summed E-state index contributed by atoms with van der Waals surface area (Å²) in [5.74, 6) is 0.644. The molecule has 1 saturated heterocycles. The number of likely N-dealkylation sites (tertiary alicyclic amines) is 1. The van der Waals surface area contributed by atoms with Gasteiger partial charge in [-0.25, -0.2) is 4.39 Å². The average molecular weight is 263 g/mol. The Morgan fingerprint density at radius 1 is 1.32 bits per heavy atom. The summed E-state index contributed by atoms with van der Waals surface area (Å²) < 4.78 is 13.8. The number of halogens is 1. The van der Waals surface area contributed by atoms with Crippen molar-refractivity contribution in [2.24, 2.45) is 5.92 Å². The van der Waals surface area contributed by atoms with Gasteiger partial charge in [-0.1, -0.05) is 38.5 Å². The van der Waals surface area contributed by atoms with Crippen LogP contribution in [0.3, 0.4) is 0 Å². The molecule has 1 fully saturated rings. The van der Waals surface area contributed by atoms with Crippen molar-refractivity contribution in [3.8, 4) is 0 Å². The first kappa shape index (κ1) is 14.5. The maximum absolute atomic E-state index is 13.8. The van der Waals surface area contributed by atoms with Gasteiger partial charge in [0.25, 0.3) is 0 Å². The number of rotatable bonds is 5. The fourth-order valence-electron chi connectivity index (χ4n) is 3.43. The van der Waals surface area contributed by atoms with Crippen LogP contribution in [0.4, 0.5) is 4.39 Å². The summed E-state index contributed by atoms with van der Waals surface area (Å²) in [4.78, 5) is 2.51. The molecule has 106 valence electrons. The van der Waals surface area contributed by atoms with Gasteiger partial charge in [-0.05, 0) is 38.2 Å². The molecule has 0 amide bonds. The zero-order valence-corrected chi connectivity index (χ0v) is 12.4. The second-order valence-corrected chi connectivity index (χ2v) is 6.02. The van der Waals surface area contributed by atoms with Gasteiger partial charge >= 0.3 is 0 Å². The van der Waals surface area contributed by atoms with Crippen LogP contribution in [-0.4, -0.2) is 17.0 Å². The number of benzene rings is 1. The third-order valence-electron chi connectivity index (χ3n) is 4.58. The third kappa shape index (κ3) is 3.36. The first-order chi connectivity index (χ1) is 9.13. The normalized spacial score (nSPS) is 25.7. The fourth-order valence-corrected chi connectivity index (χ4v) is 3.43. The molecular formula is C17H26FN. The van der Waals surface area contributed by atoms with E-state index < -0.39 is 0 Å². The highest BCUT2D eigenvalue weighted by Crippen LogP contribution is 2.32. The maximum Gasteiger partial charge on any atom is 0.127 e. The van der Waals surface area contributed by atoms with Crippen LogP contribution in [0.25, 0.3) is 0 Å². The predicted molar refractivity (Wildman–Crippen MR) is 78.5 cm³/mol. The highest BCUT2D eigenvalue weighted by Gasteiger charge is 2.33. The van der Waals surface area contributed by atoms with Crippen LogP contribution in [0.2, 0.25) is 0 Å². The SMILES string of the molecule is CCCC(C)C1CCC(C)N1Cc1ccccc1F. The summed E-state index contributed by atoms with van der Waals surface area (Å²) in [6.07, 6.45) is 5.01. The molecule has 3 unspecified atom stereocenters. The Kier molecular flexibility index (Phi) is 4.98. The summed E-state index contributed by atoms with van der Waals surface area (Å²) in [7, 11) is 0. The molecule has 1 nitrogen and oxygen atoms in total. The standard InChI is InChI=1S/C17H26FN/c1-4-7-13(2)17-11-10-14(3)19(17)12-15-8-5-6-9-16(15)18/h5-6,8-9,13-14,17H,4,7,10-12H2,1-3H3. The van der Waals surface area contributed by atoms with Crippen LogP contribution in [0.5, 0.6) is 0 Å². The van der Waals surface area contributed by atoms with Crippen molar-refractivity contribution in [1.82, 2.24) is 4.90 Å². The molecule has 1 aromatic carbocycles. The molecule has 0 radical (unpaired) electrons. The Labute approximate surface area is 116 Å². The van der Waals surface area contributed by atoms with E-state index in [1.165, 1.54) is 25.7 Å². The molecule has 0 spiro atoms. The van der Waals surface area contributed by atoms with Gasteiger partial charge in [0, 0.05) is 24.2 Å². The summed E-state index contributed by atoms with van der Waals surface area (Å²) in [6.45, 7) is 7.63. The van der Waals surface area contributed by atoms with Gasteiger partial charge < -0.3 is 0 Å². The van der Waals surface area contributed by atoms with Gasteiger partial charge in [-0.2, -0.15) is 0 Å². The predicted octanol–water partition coefficient (Wildman–Crippen LogP) is 4.61. The highest BCUT2D eigenvalue weighted by molar-refractivity contribution is 5.17. The minimum Gasteiger partial charge on any atom is -0.293 e. The second-order valence-electron chi connectivity index (χ2n) is 6.02. The molecule has 0 bridgehead atoms. The van der Waals surface area contributed by atoms with Crippen LogP contribution in [0.15, 0.2) is 24.3 Å². The quantitative estimate of drug-likeness (QED) is 0.749. The minimum absolute atomic E-state index is 0.0662. The summed E-state index contributed by atoms with van der Waals surface area (Å²) >= 11 is 0. The minimum atomic E-state index is -0.0662. The Balaban J connectivity index is 2.10.